The van der Waals surface area contributed by atoms with E-state index < -0.39 is 0 Å². The fourth-order valence-corrected chi connectivity index (χ4v) is 4.31. The topological polar surface area (TPSA) is 18.5 Å². The standard InChI is InChI=1S/C27H35BrO2/c1-4-6-8-10-16-29-26-22-14-12-20(3)18-24(22)25-19-21(28)13-15-23(25)27(26)30-17-11-9-7-5-2/h12-15,18-19H,4-11,16-17H2,1-3H3. The van der Waals surface area contributed by atoms with E-state index in [0.29, 0.717) is 0 Å². The van der Waals surface area contributed by atoms with E-state index in [2.05, 4.69) is 73.1 Å². The number of hydrogen-bond acceptors (Lipinski definition) is 2. The molecule has 0 atom stereocenters. The highest BCUT2D eigenvalue weighted by atomic mass is 79.9. The predicted octanol–water partition coefficient (Wildman–Crippen LogP) is 8.98. The number of halogens is 1. The molecule has 3 aromatic carbocycles. The third-order valence-corrected chi connectivity index (χ3v) is 6.12. The molecular formula is C27H35BrO2. The summed E-state index contributed by atoms with van der Waals surface area (Å²) in [7, 11) is 0. The quantitative estimate of drug-likeness (QED) is 0.194. The fourth-order valence-electron chi connectivity index (χ4n) is 3.95. The van der Waals surface area contributed by atoms with E-state index in [9.17, 15) is 0 Å². The summed E-state index contributed by atoms with van der Waals surface area (Å²) in [4.78, 5) is 0. The lowest BCUT2D eigenvalue weighted by Gasteiger charge is -2.19. The molecule has 0 saturated carbocycles. The highest BCUT2D eigenvalue weighted by Crippen LogP contribution is 2.45. The Kier molecular flexibility index (Phi) is 8.87. The Bertz CT molecular complexity index is 885. The van der Waals surface area contributed by atoms with Gasteiger partial charge in [0.05, 0.1) is 13.2 Å². The van der Waals surface area contributed by atoms with Crippen LogP contribution in [0, 0.1) is 6.92 Å². The second-order valence-corrected chi connectivity index (χ2v) is 9.13. The highest BCUT2D eigenvalue weighted by molar-refractivity contribution is 9.10. The molecule has 0 radical (unpaired) electrons. The Hall–Kier alpha value is -1.74. The highest BCUT2D eigenvalue weighted by Gasteiger charge is 2.18. The van der Waals surface area contributed by atoms with Crippen LogP contribution in [0.2, 0.25) is 0 Å². The molecule has 0 aliphatic rings. The first kappa shape index (κ1) is 22.9. The van der Waals surface area contributed by atoms with Crippen molar-refractivity contribution in [1.82, 2.24) is 0 Å². The van der Waals surface area contributed by atoms with Gasteiger partial charge >= 0.3 is 0 Å². The second kappa shape index (κ2) is 11.6. The third kappa shape index (κ3) is 5.69. The molecule has 0 unspecified atom stereocenters. The molecule has 0 heterocycles. The Labute approximate surface area is 190 Å². The van der Waals surface area contributed by atoms with Gasteiger partial charge in [-0.2, -0.15) is 0 Å². The Morgan fingerprint density at radius 1 is 0.633 bits per heavy atom. The first-order valence-electron chi connectivity index (χ1n) is 11.6. The van der Waals surface area contributed by atoms with Crippen molar-refractivity contribution < 1.29 is 9.47 Å². The third-order valence-electron chi connectivity index (χ3n) is 5.63. The van der Waals surface area contributed by atoms with Gasteiger partial charge in [-0.1, -0.05) is 92.1 Å². The molecule has 30 heavy (non-hydrogen) atoms. The van der Waals surface area contributed by atoms with Gasteiger partial charge < -0.3 is 9.47 Å². The molecular weight excluding hydrogens is 436 g/mol. The van der Waals surface area contributed by atoms with Gasteiger partial charge in [-0.15, -0.1) is 0 Å². The first-order valence-corrected chi connectivity index (χ1v) is 12.4. The van der Waals surface area contributed by atoms with Crippen LogP contribution in [0.5, 0.6) is 11.5 Å². The van der Waals surface area contributed by atoms with Gasteiger partial charge in [0, 0.05) is 15.2 Å². The average molecular weight is 471 g/mol. The lowest BCUT2D eigenvalue weighted by atomic mass is 9.98. The number of aryl methyl sites for hydroxylation is 1. The molecule has 3 heteroatoms. The van der Waals surface area contributed by atoms with E-state index in [1.54, 1.807) is 0 Å². The number of hydrogen-bond donors (Lipinski definition) is 0. The summed E-state index contributed by atoms with van der Waals surface area (Å²) in [5, 5.41) is 4.72. The lowest BCUT2D eigenvalue weighted by molar-refractivity contribution is 0.264. The van der Waals surface area contributed by atoms with Crippen molar-refractivity contribution in [2.45, 2.75) is 72.1 Å². The van der Waals surface area contributed by atoms with Crippen molar-refractivity contribution in [3.8, 4) is 11.5 Å². The van der Waals surface area contributed by atoms with Crippen molar-refractivity contribution in [2.24, 2.45) is 0 Å². The maximum atomic E-state index is 6.42. The van der Waals surface area contributed by atoms with E-state index in [1.807, 2.05) is 0 Å². The largest absolute Gasteiger partial charge is 0.489 e. The molecule has 2 nitrogen and oxygen atoms in total. The number of unbranched alkanes of at least 4 members (excludes halogenated alkanes) is 6. The van der Waals surface area contributed by atoms with Gasteiger partial charge in [0.15, 0.2) is 11.5 Å². The first-order chi connectivity index (χ1) is 14.7. The summed E-state index contributed by atoms with van der Waals surface area (Å²) >= 11 is 3.65. The fraction of sp³-hybridized carbons (Fsp3) is 0.481. The molecule has 0 saturated heterocycles. The van der Waals surface area contributed by atoms with Crippen LogP contribution in [-0.2, 0) is 0 Å². The van der Waals surface area contributed by atoms with E-state index in [0.717, 1.165) is 52.8 Å². The van der Waals surface area contributed by atoms with Gasteiger partial charge in [0.1, 0.15) is 0 Å². The van der Waals surface area contributed by atoms with Crippen molar-refractivity contribution in [1.29, 1.82) is 0 Å². The molecule has 0 aromatic heterocycles. The number of rotatable bonds is 12. The van der Waals surface area contributed by atoms with Crippen LogP contribution < -0.4 is 9.47 Å². The minimum atomic E-state index is 0.731. The molecule has 162 valence electrons. The van der Waals surface area contributed by atoms with Crippen LogP contribution in [0.15, 0.2) is 40.9 Å². The normalized spacial score (nSPS) is 11.3. The van der Waals surface area contributed by atoms with Gasteiger partial charge in [-0.3, -0.25) is 0 Å². The smallest absolute Gasteiger partial charge is 0.169 e. The maximum Gasteiger partial charge on any atom is 0.169 e. The molecule has 0 N–H and O–H groups in total. The number of ether oxygens (including phenoxy) is 2. The molecule has 3 aromatic rings. The molecule has 0 aliphatic heterocycles. The van der Waals surface area contributed by atoms with Gasteiger partial charge in [-0.05, 0) is 48.7 Å². The van der Waals surface area contributed by atoms with E-state index in [4.69, 9.17) is 9.47 Å². The summed E-state index contributed by atoms with van der Waals surface area (Å²) in [5.41, 5.74) is 1.26. The zero-order valence-electron chi connectivity index (χ0n) is 18.7. The summed E-state index contributed by atoms with van der Waals surface area (Å²) < 4.78 is 13.9. The van der Waals surface area contributed by atoms with Crippen LogP contribution in [0.1, 0.15) is 70.8 Å². The van der Waals surface area contributed by atoms with E-state index in [1.165, 1.54) is 54.9 Å². The van der Waals surface area contributed by atoms with Crippen molar-refractivity contribution in [3.05, 3.63) is 46.4 Å². The molecule has 0 bridgehead atoms. The van der Waals surface area contributed by atoms with Gasteiger partial charge in [0.2, 0.25) is 0 Å². The molecule has 0 fully saturated rings. The van der Waals surface area contributed by atoms with Crippen LogP contribution in [0.25, 0.3) is 21.5 Å². The maximum absolute atomic E-state index is 6.42. The Morgan fingerprint density at radius 3 is 1.73 bits per heavy atom. The summed E-state index contributed by atoms with van der Waals surface area (Å²) in [6.45, 7) is 8.09. The zero-order chi connectivity index (χ0) is 21.3. The zero-order valence-corrected chi connectivity index (χ0v) is 20.3. The molecule has 3 rings (SSSR count). The number of fused-ring (bicyclic) bond motifs is 3. The second-order valence-electron chi connectivity index (χ2n) is 8.22. The molecule has 0 amide bonds. The van der Waals surface area contributed by atoms with E-state index >= 15 is 0 Å². The van der Waals surface area contributed by atoms with Crippen LogP contribution in [0.3, 0.4) is 0 Å². The number of benzene rings is 3. The summed E-state index contributed by atoms with van der Waals surface area (Å²) in [6, 6.07) is 13.1. The Balaban J connectivity index is 2.02. The average Bonchev–Trinajstić information content (AvgIpc) is 2.74. The minimum Gasteiger partial charge on any atom is -0.489 e. The van der Waals surface area contributed by atoms with Crippen LogP contribution in [0.4, 0.5) is 0 Å². The summed E-state index contributed by atoms with van der Waals surface area (Å²) in [5.74, 6) is 1.81. The van der Waals surface area contributed by atoms with Crippen molar-refractivity contribution in [2.75, 3.05) is 13.2 Å². The molecule has 0 spiro atoms. The van der Waals surface area contributed by atoms with E-state index in [-0.39, 0.29) is 0 Å². The minimum absolute atomic E-state index is 0.731. The van der Waals surface area contributed by atoms with Crippen molar-refractivity contribution in [3.63, 3.8) is 0 Å². The van der Waals surface area contributed by atoms with Crippen LogP contribution >= 0.6 is 15.9 Å². The van der Waals surface area contributed by atoms with Crippen molar-refractivity contribution >= 4 is 37.5 Å². The van der Waals surface area contributed by atoms with Crippen LogP contribution in [-0.4, -0.2) is 13.2 Å². The lowest BCUT2D eigenvalue weighted by Crippen LogP contribution is -2.04. The SMILES string of the molecule is CCCCCCOc1c(OCCCCCC)c2ccc(Br)cc2c2cc(C)ccc12. The Morgan fingerprint density at radius 2 is 1.17 bits per heavy atom. The monoisotopic (exact) mass is 470 g/mol. The van der Waals surface area contributed by atoms with Gasteiger partial charge in [0.25, 0.3) is 0 Å². The molecule has 0 aliphatic carbocycles. The summed E-state index contributed by atoms with van der Waals surface area (Å²) in [6.07, 6.45) is 9.56. The predicted molar refractivity (Wildman–Crippen MR) is 133 cm³/mol. The van der Waals surface area contributed by atoms with Gasteiger partial charge in [-0.25, -0.2) is 0 Å².